The first-order chi connectivity index (χ1) is 12.3. The molecule has 0 aliphatic carbocycles. The van der Waals surface area contributed by atoms with Crippen LogP contribution in [0.3, 0.4) is 0 Å². The molecular weight excluding hydrogens is 312 g/mol. The fourth-order valence-electron chi connectivity index (χ4n) is 3.62. The average molecular weight is 340 g/mol. The van der Waals surface area contributed by atoms with Gasteiger partial charge in [0.1, 0.15) is 0 Å². The van der Waals surface area contributed by atoms with Crippen molar-refractivity contribution >= 4 is 5.91 Å². The number of hydrogen-bond acceptors (Lipinski definition) is 3. The molecular formula is C20H28N4O. The van der Waals surface area contributed by atoms with E-state index >= 15 is 0 Å². The number of likely N-dealkylation sites (tertiary alicyclic amines) is 1. The Bertz CT molecular complexity index is 633. The molecule has 1 aromatic heterocycles. The summed E-state index contributed by atoms with van der Waals surface area (Å²) in [6.07, 6.45) is 5.00. The molecule has 1 fully saturated rings. The quantitative estimate of drug-likeness (QED) is 0.815. The number of hydrogen-bond donors (Lipinski definition) is 2. The Morgan fingerprint density at radius 1 is 1.28 bits per heavy atom. The van der Waals surface area contributed by atoms with Crippen molar-refractivity contribution in [2.45, 2.75) is 38.0 Å². The van der Waals surface area contributed by atoms with E-state index in [1.807, 2.05) is 12.3 Å². The number of rotatable bonds is 7. The van der Waals surface area contributed by atoms with Crippen molar-refractivity contribution < 1.29 is 4.79 Å². The molecule has 1 aromatic carbocycles. The Morgan fingerprint density at radius 2 is 2.04 bits per heavy atom. The maximum atomic E-state index is 12.3. The van der Waals surface area contributed by atoms with Crippen molar-refractivity contribution in [1.29, 1.82) is 0 Å². The summed E-state index contributed by atoms with van der Waals surface area (Å²) in [5.74, 6) is 1.06. The van der Waals surface area contributed by atoms with Crippen LogP contribution in [-0.4, -0.2) is 47.2 Å². The summed E-state index contributed by atoms with van der Waals surface area (Å²) in [6, 6.07) is 12.5. The smallest absolute Gasteiger partial charge is 0.234 e. The lowest BCUT2D eigenvalue weighted by Gasteiger charge is -2.31. The van der Waals surface area contributed by atoms with Crippen molar-refractivity contribution in [2.24, 2.45) is 0 Å². The fourth-order valence-corrected chi connectivity index (χ4v) is 3.62. The van der Waals surface area contributed by atoms with E-state index in [0.29, 0.717) is 24.9 Å². The molecule has 1 saturated heterocycles. The third-order valence-corrected chi connectivity index (χ3v) is 5.23. The highest BCUT2D eigenvalue weighted by Crippen LogP contribution is 2.26. The second-order valence-corrected chi connectivity index (χ2v) is 6.88. The Hall–Kier alpha value is -2.14. The number of H-pyrrole nitrogens is 1. The first-order valence-corrected chi connectivity index (χ1v) is 9.29. The molecule has 5 nitrogen and oxygen atoms in total. The Labute approximate surface area is 149 Å². The number of carbonyl (C=O) groups is 1. The third-order valence-electron chi connectivity index (χ3n) is 5.23. The first-order valence-electron chi connectivity index (χ1n) is 9.29. The zero-order valence-electron chi connectivity index (χ0n) is 14.9. The van der Waals surface area contributed by atoms with Crippen molar-refractivity contribution in [3.05, 3.63) is 53.9 Å². The topological polar surface area (TPSA) is 61.0 Å². The summed E-state index contributed by atoms with van der Waals surface area (Å²) < 4.78 is 0. The summed E-state index contributed by atoms with van der Waals surface area (Å²) >= 11 is 0. The molecule has 2 aromatic rings. The molecule has 0 bridgehead atoms. The van der Waals surface area contributed by atoms with E-state index in [4.69, 9.17) is 0 Å². The zero-order valence-corrected chi connectivity index (χ0v) is 14.9. The second kappa shape index (κ2) is 8.81. The number of carbonyl (C=O) groups excluding carboxylic acids is 1. The molecule has 1 aliphatic heterocycles. The lowest BCUT2D eigenvalue weighted by atomic mass is 9.94. The summed E-state index contributed by atoms with van der Waals surface area (Å²) in [6.45, 7) is 5.31. The van der Waals surface area contributed by atoms with Gasteiger partial charge in [-0.3, -0.25) is 14.8 Å². The molecule has 2 heterocycles. The normalized spacial score (nSPS) is 17.3. The van der Waals surface area contributed by atoms with Gasteiger partial charge in [0.25, 0.3) is 0 Å². The second-order valence-electron chi connectivity index (χ2n) is 6.88. The monoisotopic (exact) mass is 340 g/mol. The lowest BCUT2D eigenvalue weighted by Crippen LogP contribution is -2.42. The SMILES string of the molecule is CCC(CNC(=O)CN1CCC(c2ccn[nH]2)CC1)c1ccccc1. The van der Waals surface area contributed by atoms with Gasteiger partial charge in [-0.1, -0.05) is 37.3 Å². The van der Waals surface area contributed by atoms with Crippen LogP contribution in [0.25, 0.3) is 0 Å². The molecule has 2 N–H and O–H groups in total. The van der Waals surface area contributed by atoms with E-state index in [1.165, 1.54) is 11.3 Å². The van der Waals surface area contributed by atoms with Gasteiger partial charge in [0.05, 0.1) is 6.54 Å². The summed E-state index contributed by atoms with van der Waals surface area (Å²) in [5.41, 5.74) is 2.52. The van der Waals surface area contributed by atoms with Crippen LogP contribution in [0, 0.1) is 0 Å². The number of amides is 1. The van der Waals surface area contributed by atoms with Crippen LogP contribution >= 0.6 is 0 Å². The Kier molecular flexibility index (Phi) is 6.23. The molecule has 0 saturated carbocycles. The highest BCUT2D eigenvalue weighted by Gasteiger charge is 2.23. The summed E-state index contributed by atoms with van der Waals surface area (Å²) in [5, 5.41) is 10.2. The zero-order chi connectivity index (χ0) is 17.5. The number of nitrogens with zero attached hydrogens (tertiary/aromatic N) is 2. The van der Waals surface area contributed by atoms with E-state index in [2.05, 4.69) is 57.7 Å². The Balaban J connectivity index is 1.41. The minimum Gasteiger partial charge on any atom is -0.354 e. The number of aromatic amines is 1. The molecule has 1 aliphatic rings. The third kappa shape index (κ3) is 4.92. The van der Waals surface area contributed by atoms with Crippen molar-refractivity contribution in [3.8, 4) is 0 Å². The number of benzene rings is 1. The van der Waals surface area contributed by atoms with Gasteiger partial charge in [-0.2, -0.15) is 5.10 Å². The van der Waals surface area contributed by atoms with Gasteiger partial charge in [-0.15, -0.1) is 0 Å². The van der Waals surface area contributed by atoms with Crippen molar-refractivity contribution in [2.75, 3.05) is 26.2 Å². The average Bonchev–Trinajstić information content (AvgIpc) is 3.18. The van der Waals surface area contributed by atoms with Crippen LogP contribution in [0.5, 0.6) is 0 Å². The van der Waals surface area contributed by atoms with Crippen LogP contribution in [0.15, 0.2) is 42.6 Å². The fraction of sp³-hybridized carbons (Fsp3) is 0.500. The van der Waals surface area contributed by atoms with Gasteiger partial charge < -0.3 is 5.32 Å². The number of piperidine rings is 1. The number of aromatic nitrogens is 2. The largest absolute Gasteiger partial charge is 0.354 e. The molecule has 1 atom stereocenters. The van der Waals surface area contributed by atoms with Crippen molar-refractivity contribution in [1.82, 2.24) is 20.4 Å². The van der Waals surface area contributed by atoms with Crippen molar-refractivity contribution in [3.63, 3.8) is 0 Å². The van der Waals surface area contributed by atoms with Gasteiger partial charge in [-0.05, 0) is 44.0 Å². The lowest BCUT2D eigenvalue weighted by molar-refractivity contribution is -0.122. The van der Waals surface area contributed by atoms with Crippen LogP contribution in [0.1, 0.15) is 49.3 Å². The molecule has 1 unspecified atom stereocenters. The van der Waals surface area contributed by atoms with E-state index < -0.39 is 0 Å². The summed E-state index contributed by atoms with van der Waals surface area (Å²) in [7, 11) is 0. The molecule has 5 heteroatoms. The van der Waals surface area contributed by atoms with E-state index in [-0.39, 0.29) is 5.91 Å². The van der Waals surface area contributed by atoms with E-state index in [1.54, 1.807) is 0 Å². The van der Waals surface area contributed by atoms with Gasteiger partial charge in [0.15, 0.2) is 0 Å². The predicted molar refractivity (Wildman–Crippen MR) is 99.5 cm³/mol. The standard InChI is InChI=1S/C20H28N4O/c1-2-16(17-6-4-3-5-7-17)14-21-20(25)15-24-12-9-18(10-13-24)19-8-11-22-23-19/h3-8,11,16,18H,2,9-10,12-15H2,1H3,(H,21,25)(H,22,23). The molecule has 0 radical (unpaired) electrons. The minimum absolute atomic E-state index is 0.134. The van der Waals surface area contributed by atoms with E-state index in [0.717, 1.165) is 32.4 Å². The van der Waals surface area contributed by atoms with Crippen LogP contribution in [-0.2, 0) is 4.79 Å². The predicted octanol–water partition coefficient (Wildman–Crippen LogP) is 2.90. The molecule has 1 amide bonds. The maximum Gasteiger partial charge on any atom is 0.234 e. The van der Waals surface area contributed by atoms with Gasteiger partial charge in [0.2, 0.25) is 5.91 Å². The number of nitrogens with one attached hydrogen (secondary N) is 2. The summed E-state index contributed by atoms with van der Waals surface area (Å²) in [4.78, 5) is 14.6. The van der Waals surface area contributed by atoms with E-state index in [9.17, 15) is 4.79 Å². The highest BCUT2D eigenvalue weighted by atomic mass is 16.2. The first kappa shape index (κ1) is 17.7. The van der Waals surface area contributed by atoms with Crippen LogP contribution in [0.2, 0.25) is 0 Å². The maximum absolute atomic E-state index is 12.3. The van der Waals surface area contributed by atoms with Gasteiger partial charge in [0, 0.05) is 30.3 Å². The Morgan fingerprint density at radius 3 is 2.68 bits per heavy atom. The molecule has 3 rings (SSSR count). The molecule has 134 valence electrons. The minimum atomic E-state index is 0.134. The van der Waals surface area contributed by atoms with Gasteiger partial charge >= 0.3 is 0 Å². The molecule has 25 heavy (non-hydrogen) atoms. The van der Waals surface area contributed by atoms with Crippen LogP contribution in [0.4, 0.5) is 0 Å². The van der Waals surface area contributed by atoms with Crippen LogP contribution < -0.4 is 5.32 Å². The molecule has 0 spiro atoms. The van der Waals surface area contributed by atoms with Gasteiger partial charge in [-0.25, -0.2) is 0 Å². The highest BCUT2D eigenvalue weighted by molar-refractivity contribution is 5.78.